The van der Waals surface area contributed by atoms with Crippen molar-refractivity contribution in [2.45, 2.75) is 266 Å². The van der Waals surface area contributed by atoms with Gasteiger partial charge in [-0.3, -0.25) is 0 Å². The van der Waals surface area contributed by atoms with Crippen molar-refractivity contribution in [2.75, 3.05) is 21.3 Å². The van der Waals surface area contributed by atoms with Gasteiger partial charge in [-0.25, -0.2) is 0 Å². The second kappa shape index (κ2) is 31.5. The molecule has 0 aromatic rings. The highest BCUT2D eigenvalue weighted by atomic mass is 28.4. The predicted octanol–water partition coefficient (Wildman–Crippen LogP) is 21.8. The monoisotopic (exact) mass is 1470 g/mol. The van der Waals surface area contributed by atoms with Gasteiger partial charge in [-0.15, -0.1) is 0 Å². The average Bonchev–Trinajstić information content (AvgIpc) is 1.58. The van der Waals surface area contributed by atoms with Crippen molar-refractivity contribution in [1.29, 1.82) is 0 Å². The molecule has 23 atom stereocenters. The third kappa shape index (κ3) is 18.3. The first-order valence-corrected chi connectivity index (χ1v) is 40.2. The summed E-state index contributed by atoms with van der Waals surface area (Å²) < 4.78 is 273. The number of halogens is 21. The third-order valence-electron chi connectivity index (χ3n) is 24.9. The Morgan fingerprint density at radius 2 is 0.589 bits per heavy atom. The number of aliphatic hydroxyl groups excluding tert-OH is 1. The van der Waals surface area contributed by atoms with Crippen molar-refractivity contribution in [1.82, 2.24) is 0 Å². The molecule has 6 nitrogen and oxygen atoms in total. The van der Waals surface area contributed by atoms with Crippen LogP contribution in [-0.4, -0.2) is 121 Å². The Balaban J connectivity index is 0.000000587. The van der Waals surface area contributed by atoms with Gasteiger partial charge in [-0.2, -0.15) is 92.2 Å². The van der Waals surface area contributed by atoms with Gasteiger partial charge in [-0.1, -0.05) is 44.6 Å². The van der Waals surface area contributed by atoms with E-state index in [1.807, 2.05) is 0 Å². The molecule has 12 rings (SSSR count). The lowest BCUT2D eigenvalue weighted by molar-refractivity contribution is -0.373. The highest BCUT2D eigenvalue weighted by Gasteiger charge is 2.73. The highest BCUT2D eigenvalue weighted by Crippen LogP contribution is 2.73. The smallest absolute Gasteiger partial charge is 0.411 e. The molecule has 0 radical (unpaired) electrons. The van der Waals surface area contributed by atoms with Gasteiger partial charge in [0.25, 0.3) is 5.60 Å². The van der Waals surface area contributed by atoms with Crippen molar-refractivity contribution < 1.29 is 121 Å². The van der Waals surface area contributed by atoms with E-state index in [9.17, 15) is 108 Å². The average molecular weight is 1480 g/mol. The summed E-state index contributed by atoms with van der Waals surface area (Å²) in [7, 11) is -6.85. The van der Waals surface area contributed by atoms with E-state index in [1.54, 1.807) is 0 Å². The van der Waals surface area contributed by atoms with Crippen LogP contribution in [0.4, 0.5) is 92.2 Å². The van der Waals surface area contributed by atoms with Crippen LogP contribution in [0, 0.1) is 124 Å². The SMILES string of the molecule is C.C.C.C.C.C.CC(O)(CC1CC2CC1C1C3CCC(C3)C21)C(F)(F)F.CO[Si](C)(C)C(F)(F)F.CO[Si](C)(C)C(F)(F)F.CO[Si](C)(C)C(F)(F)F.OC(CC1CC2CC1C1C3CCC(C3)C21)(C(F)(F)F)C(F)(F)F.OC(CC1CC2CC1C1C3CCC(C3)C21)C(F)(F)F. The number of alkyl halides is 21. The number of hydrogen-bond acceptors (Lipinski definition) is 6. The van der Waals surface area contributed by atoms with Crippen molar-refractivity contribution in [3.8, 4) is 0 Å². The zero-order chi connectivity index (χ0) is 67.6. The molecule has 0 spiro atoms. The third-order valence-corrected chi connectivity index (χ3v) is 32.0. The van der Waals surface area contributed by atoms with Gasteiger partial charge in [0.05, 0.1) is 0 Å². The van der Waals surface area contributed by atoms with Gasteiger partial charge in [-0.05, 0) is 286 Å². The molecule has 3 N–H and O–H groups in total. The molecule has 30 heteroatoms. The molecule has 12 saturated carbocycles. The lowest BCUT2D eigenvalue weighted by Crippen LogP contribution is -2.58. The van der Waals surface area contributed by atoms with E-state index in [0.29, 0.717) is 65.6 Å². The summed E-state index contributed by atoms with van der Waals surface area (Å²) in [6.45, 7) is 7.66. The van der Waals surface area contributed by atoms with Crippen molar-refractivity contribution in [2.24, 2.45) is 124 Å². The van der Waals surface area contributed by atoms with Gasteiger partial charge in [0.1, 0.15) is 6.10 Å². The molecule has 0 aromatic heterocycles. The fraction of sp³-hybridized carbons (Fsp3) is 1.00. The molecule has 12 aliphatic rings. The highest BCUT2D eigenvalue weighted by molar-refractivity contribution is 6.73. The second-order valence-electron chi connectivity index (χ2n) is 30.4. The molecule has 0 saturated heterocycles. The Labute approximate surface area is 555 Å². The molecule has 0 heterocycles. The number of fused-ring (bicyclic) bond motifs is 27. The fourth-order valence-electron chi connectivity index (χ4n) is 20.0. The minimum atomic E-state index is -5.68. The van der Waals surface area contributed by atoms with E-state index in [2.05, 4.69) is 13.3 Å². The quantitative estimate of drug-likeness (QED) is 0.121. The molecular weight excluding hydrogens is 1360 g/mol. The number of aliphatic hydroxyl groups is 3. The maximum atomic E-state index is 12.9. The maximum absolute atomic E-state index is 12.9. The lowest BCUT2D eigenvalue weighted by atomic mass is 9.65. The summed E-state index contributed by atoms with van der Waals surface area (Å²) in [6.07, 6.45) is -7.02. The topological polar surface area (TPSA) is 88.4 Å². The molecule has 0 aromatic carbocycles. The first kappa shape index (κ1) is 92.0. The zero-order valence-corrected chi connectivity index (χ0v) is 54.9. The van der Waals surface area contributed by atoms with Gasteiger partial charge in [0, 0.05) is 21.3 Å². The van der Waals surface area contributed by atoms with Crippen LogP contribution >= 0.6 is 0 Å². The predicted molar refractivity (Wildman–Crippen MR) is 334 cm³/mol. The molecule has 23 unspecified atom stereocenters. The summed E-state index contributed by atoms with van der Waals surface area (Å²) >= 11 is 0. The van der Waals surface area contributed by atoms with Gasteiger partial charge in [0.2, 0.25) is 0 Å². The van der Waals surface area contributed by atoms with Crippen LogP contribution in [-0.2, 0) is 13.3 Å². The fourth-order valence-corrected chi connectivity index (χ4v) is 20.7. The summed E-state index contributed by atoms with van der Waals surface area (Å²) in [4.78, 5) is 0. The molecular formula is C65H115F21O6Si3. The van der Waals surface area contributed by atoms with Crippen LogP contribution in [0.2, 0.25) is 39.3 Å². The summed E-state index contributed by atoms with van der Waals surface area (Å²) in [5.74, 6) is -1.94. The van der Waals surface area contributed by atoms with E-state index < -0.39 is 96.7 Å². The van der Waals surface area contributed by atoms with Crippen molar-refractivity contribution in [3.05, 3.63) is 0 Å². The molecule has 0 aliphatic heterocycles. The molecule has 95 heavy (non-hydrogen) atoms. The van der Waals surface area contributed by atoms with Gasteiger partial charge < -0.3 is 28.6 Å². The van der Waals surface area contributed by atoms with Crippen LogP contribution in [0.5, 0.6) is 0 Å². The van der Waals surface area contributed by atoms with Crippen LogP contribution < -0.4 is 0 Å². The largest absolute Gasteiger partial charge is 0.426 e. The Bertz CT molecular complexity index is 2290. The van der Waals surface area contributed by atoms with Crippen molar-refractivity contribution >= 4 is 25.0 Å². The normalized spacial score (nSPS) is 36.6. The Morgan fingerprint density at radius 1 is 0.347 bits per heavy atom. The summed E-state index contributed by atoms with van der Waals surface area (Å²) in [5, 5.41) is 28.6. The zero-order valence-electron chi connectivity index (χ0n) is 51.9. The lowest BCUT2D eigenvalue weighted by Gasteiger charge is -2.42. The van der Waals surface area contributed by atoms with Crippen LogP contribution in [0.25, 0.3) is 0 Å². The molecule has 12 bridgehead atoms. The van der Waals surface area contributed by atoms with E-state index in [0.717, 1.165) is 148 Å². The molecule has 12 fully saturated rings. The second-order valence-corrected chi connectivity index (χ2v) is 42.4. The van der Waals surface area contributed by atoms with Crippen LogP contribution in [0.3, 0.4) is 0 Å². The molecule has 570 valence electrons. The minimum Gasteiger partial charge on any atom is -0.411 e. The maximum Gasteiger partial charge on any atom is 0.426 e. The van der Waals surface area contributed by atoms with Gasteiger partial charge in [0.15, 0.2) is 5.60 Å². The summed E-state index contributed by atoms with van der Waals surface area (Å²) in [5.41, 5.74) is -7.07. The van der Waals surface area contributed by atoms with Crippen LogP contribution in [0.1, 0.15) is 167 Å². The Morgan fingerprint density at radius 3 is 0.811 bits per heavy atom. The van der Waals surface area contributed by atoms with Gasteiger partial charge >= 0.3 is 67.1 Å². The Kier molecular flexibility index (Phi) is 30.5. The number of hydrogen-bond donors (Lipinski definition) is 3. The van der Waals surface area contributed by atoms with Crippen molar-refractivity contribution in [3.63, 3.8) is 0 Å². The molecule has 0 amide bonds. The van der Waals surface area contributed by atoms with E-state index >= 15 is 0 Å². The first-order valence-electron chi connectivity index (χ1n) is 31.4. The number of rotatable bonds is 9. The molecule has 12 aliphatic carbocycles. The Hall–Kier alpha value is -1.06. The summed E-state index contributed by atoms with van der Waals surface area (Å²) in [6, 6.07) is 0. The van der Waals surface area contributed by atoms with E-state index in [4.69, 9.17) is 0 Å². The van der Waals surface area contributed by atoms with E-state index in [1.165, 1.54) is 44.9 Å². The van der Waals surface area contributed by atoms with Crippen LogP contribution in [0.15, 0.2) is 0 Å². The van der Waals surface area contributed by atoms with E-state index in [-0.39, 0.29) is 81.1 Å². The standard InChI is InChI=1S/C16H20F6O.C16H23F3O.C15H21F3O.3C4H9F3OSi.6CH4/c17-15(18,19)14(23,16(20,21)22)6-10-4-9-5-11(10)13-8-2-1-7(3-8)12(9)13;1-15(20,16(17,18)19)7-11-5-10-6-12(11)14-9-3-2-8(4-9)13(10)14;16-15(17,18)12(19)6-9-4-10-5-11(9)14-8-2-1-7(3-8)13(10)14;3*1-8-9(2,3)4(5,6)7;;;;;;/h7-13,23H,1-6H2;8-14,20H,2-7H2,1H3;7-14,19H,1-6H2;3*1-3H3;6*1H4. The minimum absolute atomic E-state index is 0. The first-order chi connectivity index (χ1) is 40.2.